The van der Waals surface area contributed by atoms with Crippen LogP contribution in [0.4, 0.5) is 10.5 Å². The van der Waals surface area contributed by atoms with Crippen LogP contribution in [-0.2, 0) is 11.3 Å². The minimum atomic E-state index is -0.471. The van der Waals surface area contributed by atoms with E-state index in [1.807, 2.05) is 0 Å². The zero-order chi connectivity index (χ0) is 16.7. The van der Waals surface area contributed by atoms with Crippen LogP contribution in [0.25, 0.3) is 0 Å². The maximum Gasteiger partial charge on any atom is 0.411 e. The van der Waals surface area contributed by atoms with Crippen LogP contribution in [0.15, 0.2) is 24.3 Å². The van der Waals surface area contributed by atoms with E-state index in [0.717, 1.165) is 25.9 Å². The second-order valence-electron chi connectivity index (χ2n) is 5.29. The van der Waals surface area contributed by atoms with Crippen molar-refractivity contribution in [2.24, 2.45) is 0 Å². The predicted octanol–water partition coefficient (Wildman–Crippen LogP) is 1.92. The topological polar surface area (TPSA) is 84.7 Å². The molecule has 7 nitrogen and oxygen atoms in total. The molecule has 1 heterocycles. The van der Waals surface area contributed by atoms with Crippen LogP contribution in [0.5, 0.6) is 0 Å². The Morgan fingerprint density at radius 1 is 1.39 bits per heavy atom. The van der Waals surface area contributed by atoms with Gasteiger partial charge in [0, 0.05) is 18.2 Å². The average molecular weight is 317 g/mol. The lowest BCUT2D eigenvalue weighted by molar-refractivity contribution is -0.384. The number of nitro groups is 1. The smallest absolute Gasteiger partial charge is 0.411 e. The zero-order valence-electron chi connectivity index (χ0n) is 12.7. The summed E-state index contributed by atoms with van der Waals surface area (Å²) in [6.45, 7) is 1.97. The first-order valence-corrected chi connectivity index (χ1v) is 7.42. The number of nitrogens with one attached hydrogen (secondary N) is 1. The van der Waals surface area contributed by atoms with Gasteiger partial charge in [-0.15, -0.1) is 6.42 Å². The monoisotopic (exact) mass is 317 g/mol. The fraction of sp³-hybridized carbons (Fsp3) is 0.438. The van der Waals surface area contributed by atoms with Crippen molar-refractivity contribution < 1.29 is 14.5 Å². The van der Waals surface area contributed by atoms with Crippen LogP contribution in [-0.4, -0.2) is 41.6 Å². The van der Waals surface area contributed by atoms with E-state index in [-0.39, 0.29) is 24.9 Å². The third kappa shape index (κ3) is 4.69. The van der Waals surface area contributed by atoms with Gasteiger partial charge < -0.3 is 10.1 Å². The summed E-state index contributed by atoms with van der Waals surface area (Å²) >= 11 is 0. The number of hydrogen-bond acceptors (Lipinski definition) is 5. The molecule has 7 heteroatoms. The molecule has 0 unspecified atom stereocenters. The van der Waals surface area contributed by atoms with Crippen molar-refractivity contribution in [1.29, 1.82) is 0 Å². The zero-order valence-corrected chi connectivity index (χ0v) is 12.7. The highest BCUT2D eigenvalue weighted by atomic mass is 16.6. The molecule has 23 heavy (non-hydrogen) atoms. The number of ether oxygens (including phenoxy) is 1. The molecule has 0 radical (unpaired) electrons. The predicted molar refractivity (Wildman–Crippen MR) is 84.7 cm³/mol. The van der Waals surface area contributed by atoms with Crippen LogP contribution < -0.4 is 5.32 Å². The van der Waals surface area contributed by atoms with Gasteiger partial charge in [0.2, 0.25) is 0 Å². The standard InChI is InChI=1S/C16H19N3O4/c1-2-11-18(14-7-9-17-10-8-14)16(20)23-12-13-3-5-15(6-4-13)19(21)22/h1,3-6,14,17H,7-12H2. The summed E-state index contributed by atoms with van der Waals surface area (Å²) in [6, 6.07) is 5.99. The summed E-state index contributed by atoms with van der Waals surface area (Å²) in [6.07, 6.45) is 6.58. The molecule has 1 aromatic rings. The molecule has 1 aliphatic heterocycles. The summed E-state index contributed by atoms with van der Waals surface area (Å²) in [5.41, 5.74) is 0.693. The van der Waals surface area contributed by atoms with Crippen molar-refractivity contribution in [2.45, 2.75) is 25.5 Å². The van der Waals surface area contributed by atoms with E-state index < -0.39 is 11.0 Å². The average Bonchev–Trinajstić information content (AvgIpc) is 2.58. The maximum atomic E-state index is 12.3. The number of carbonyl (C=O) groups is 1. The van der Waals surface area contributed by atoms with E-state index in [4.69, 9.17) is 11.2 Å². The lowest BCUT2D eigenvalue weighted by Crippen LogP contribution is -2.46. The molecule has 122 valence electrons. The van der Waals surface area contributed by atoms with Crippen molar-refractivity contribution in [3.63, 3.8) is 0 Å². The number of benzene rings is 1. The van der Waals surface area contributed by atoms with E-state index in [2.05, 4.69) is 11.2 Å². The van der Waals surface area contributed by atoms with E-state index in [1.54, 1.807) is 17.0 Å². The highest BCUT2D eigenvalue weighted by molar-refractivity contribution is 5.68. The van der Waals surface area contributed by atoms with Gasteiger partial charge >= 0.3 is 6.09 Å². The van der Waals surface area contributed by atoms with Crippen molar-refractivity contribution in [2.75, 3.05) is 19.6 Å². The first kappa shape index (κ1) is 16.8. The first-order valence-electron chi connectivity index (χ1n) is 7.42. The number of rotatable bonds is 5. The summed E-state index contributed by atoms with van der Waals surface area (Å²) in [5.74, 6) is 2.49. The molecule has 2 rings (SSSR count). The molecule has 1 amide bonds. The van der Waals surface area contributed by atoms with Crippen molar-refractivity contribution in [3.8, 4) is 12.3 Å². The third-order valence-electron chi connectivity index (χ3n) is 3.76. The molecule has 0 atom stereocenters. The van der Waals surface area contributed by atoms with E-state index in [0.29, 0.717) is 5.56 Å². The Kier molecular flexibility index (Phi) is 5.94. The molecule has 1 saturated heterocycles. The number of nitro benzene ring substituents is 1. The second kappa shape index (κ2) is 8.15. The van der Waals surface area contributed by atoms with E-state index >= 15 is 0 Å². The number of terminal acetylenes is 1. The Morgan fingerprint density at radius 3 is 2.61 bits per heavy atom. The molecule has 1 aliphatic rings. The SMILES string of the molecule is C#CCN(C(=O)OCc1ccc([N+](=O)[O-])cc1)C1CCNCC1. The quantitative estimate of drug-likeness (QED) is 0.509. The number of nitrogens with zero attached hydrogens (tertiary/aromatic N) is 2. The normalized spacial score (nSPS) is 14.7. The molecule has 1 fully saturated rings. The van der Waals surface area contributed by atoms with E-state index in [1.165, 1.54) is 12.1 Å². The fourth-order valence-corrected chi connectivity index (χ4v) is 2.50. The van der Waals surface area contributed by atoms with Gasteiger partial charge in [-0.2, -0.15) is 0 Å². The van der Waals surface area contributed by atoms with Gasteiger partial charge in [-0.05, 0) is 43.6 Å². The Bertz CT molecular complexity index is 588. The number of amides is 1. The molecule has 1 N–H and O–H groups in total. The van der Waals surface area contributed by atoms with Gasteiger partial charge in [0.05, 0.1) is 11.5 Å². The Hall–Kier alpha value is -2.59. The van der Waals surface area contributed by atoms with E-state index in [9.17, 15) is 14.9 Å². The summed E-state index contributed by atoms with van der Waals surface area (Å²) in [7, 11) is 0. The summed E-state index contributed by atoms with van der Waals surface area (Å²) < 4.78 is 5.30. The summed E-state index contributed by atoms with van der Waals surface area (Å²) in [5, 5.41) is 13.8. The molecule has 0 aromatic heterocycles. The highest BCUT2D eigenvalue weighted by Gasteiger charge is 2.25. The molecular weight excluding hydrogens is 298 g/mol. The molecule has 0 bridgehead atoms. The van der Waals surface area contributed by atoms with Gasteiger partial charge in [-0.3, -0.25) is 15.0 Å². The lowest BCUT2D eigenvalue weighted by atomic mass is 10.1. The second-order valence-corrected chi connectivity index (χ2v) is 5.29. The van der Waals surface area contributed by atoms with Gasteiger partial charge in [-0.1, -0.05) is 5.92 Å². The molecular formula is C16H19N3O4. The molecule has 0 saturated carbocycles. The summed E-state index contributed by atoms with van der Waals surface area (Å²) in [4.78, 5) is 24.0. The van der Waals surface area contributed by atoms with Gasteiger partial charge in [0.1, 0.15) is 6.61 Å². The number of piperidine rings is 1. The van der Waals surface area contributed by atoms with Crippen LogP contribution in [0.3, 0.4) is 0 Å². The van der Waals surface area contributed by atoms with Gasteiger partial charge in [0.25, 0.3) is 5.69 Å². The number of hydrogen-bond donors (Lipinski definition) is 1. The van der Waals surface area contributed by atoms with Crippen molar-refractivity contribution in [1.82, 2.24) is 10.2 Å². The number of non-ortho nitro benzene ring substituents is 1. The molecule has 1 aromatic carbocycles. The lowest BCUT2D eigenvalue weighted by Gasteiger charge is -2.32. The Labute approximate surface area is 134 Å². The van der Waals surface area contributed by atoms with Gasteiger partial charge in [-0.25, -0.2) is 4.79 Å². The largest absolute Gasteiger partial charge is 0.445 e. The van der Waals surface area contributed by atoms with Crippen molar-refractivity contribution in [3.05, 3.63) is 39.9 Å². The van der Waals surface area contributed by atoms with Crippen LogP contribution in [0.1, 0.15) is 18.4 Å². The van der Waals surface area contributed by atoms with Crippen LogP contribution in [0, 0.1) is 22.5 Å². The number of carbonyl (C=O) groups excluding carboxylic acids is 1. The minimum absolute atomic E-state index is 0.00346. The first-order chi connectivity index (χ1) is 11.1. The van der Waals surface area contributed by atoms with Crippen molar-refractivity contribution >= 4 is 11.8 Å². The third-order valence-corrected chi connectivity index (χ3v) is 3.76. The molecule has 0 aliphatic carbocycles. The minimum Gasteiger partial charge on any atom is -0.445 e. The Balaban J connectivity index is 1.93. The van der Waals surface area contributed by atoms with Gasteiger partial charge in [0.15, 0.2) is 0 Å². The van der Waals surface area contributed by atoms with Crippen LogP contribution in [0.2, 0.25) is 0 Å². The molecule has 0 spiro atoms. The maximum absolute atomic E-state index is 12.3. The Morgan fingerprint density at radius 2 is 2.04 bits per heavy atom. The fourth-order valence-electron chi connectivity index (χ4n) is 2.50. The van der Waals surface area contributed by atoms with Crippen LogP contribution >= 0.6 is 0 Å². The highest BCUT2D eigenvalue weighted by Crippen LogP contribution is 2.15.